The Hall–Kier alpha value is 0.757. The molecule has 0 fully saturated rings. The molecule has 4 heteroatoms. The highest BCUT2D eigenvalue weighted by Crippen LogP contribution is 2.24. The predicted octanol–water partition coefficient (Wildman–Crippen LogP) is 6.86. The maximum atomic E-state index is 6.18. The van der Waals surface area contributed by atoms with Crippen LogP contribution >= 0.6 is 23.2 Å². The largest absolute Gasteiger partial charge is 0.412 e. The van der Waals surface area contributed by atoms with Crippen molar-refractivity contribution in [3.8, 4) is 0 Å². The van der Waals surface area contributed by atoms with Crippen molar-refractivity contribution in [2.75, 3.05) is 0 Å². The van der Waals surface area contributed by atoms with Crippen molar-refractivity contribution in [1.29, 1.82) is 0 Å². The van der Waals surface area contributed by atoms with Crippen molar-refractivity contribution in [1.82, 2.24) is 0 Å². The molecule has 0 radical (unpaired) electrons. The zero-order valence-corrected chi connectivity index (χ0v) is 16.4. The first-order valence-electron chi connectivity index (χ1n) is 8.40. The Kier molecular flexibility index (Phi) is 12.8. The average molecular weight is 341 g/mol. The van der Waals surface area contributed by atoms with Gasteiger partial charge in [0.1, 0.15) is 4.46 Å². The molecular weight excluding hydrogens is 307 g/mol. The van der Waals surface area contributed by atoms with Gasteiger partial charge in [-0.2, -0.15) is 0 Å². The molecule has 0 aliphatic heterocycles. The molecule has 1 unspecified atom stereocenters. The highest BCUT2D eigenvalue weighted by molar-refractivity contribution is 6.88. The number of rotatable bonds is 13. The fourth-order valence-corrected chi connectivity index (χ4v) is 3.89. The molecule has 0 aromatic heterocycles. The molecule has 0 heterocycles. The molecule has 122 valence electrons. The van der Waals surface area contributed by atoms with Gasteiger partial charge in [0, 0.05) is 6.10 Å². The lowest BCUT2D eigenvalue weighted by molar-refractivity contribution is 0.173. The van der Waals surface area contributed by atoms with E-state index in [0.29, 0.717) is 6.10 Å². The Balaban J connectivity index is 3.65. The zero-order chi connectivity index (χ0) is 15.4. The fourth-order valence-electron chi connectivity index (χ4n) is 2.33. The van der Waals surface area contributed by atoms with Crippen LogP contribution in [0.2, 0.25) is 13.1 Å². The van der Waals surface area contributed by atoms with Crippen molar-refractivity contribution in [3.05, 3.63) is 0 Å². The zero-order valence-electron chi connectivity index (χ0n) is 13.9. The summed E-state index contributed by atoms with van der Waals surface area (Å²) < 4.78 is 5.85. The van der Waals surface area contributed by atoms with Crippen LogP contribution in [0.5, 0.6) is 0 Å². The fraction of sp³-hybridized carbons (Fsp3) is 1.00. The Morgan fingerprint density at radius 2 is 1.35 bits per heavy atom. The summed E-state index contributed by atoms with van der Waals surface area (Å²) in [5.41, 5.74) is 0. The highest BCUT2D eigenvalue weighted by Gasteiger charge is 2.33. The molecule has 0 rings (SSSR count). The summed E-state index contributed by atoms with van der Waals surface area (Å²) in [6, 6.07) is 0. The van der Waals surface area contributed by atoms with Crippen molar-refractivity contribution in [3.63, 3.8) is 0 Å². The number of unbranched alkanes of at least 4 members (excludes halogenated alkanes) is 7. The first-order chi connectivity index (χ1) is 9.44. The van der Waals surface area contributed by atoms with Crippen LogP contribution < -0.4 is 0 Å². The minimum Gasteiger partial charge on any atom is -0.412 e. The second kappa shape index (κ2) is 12.3. The Labute approximate surface area is 137 Å². The van der Waals surface area contributed by atoms with Gasteiger partial charge in [-0.15, -0.1) is 23.2 Å². The van der Waals surface area contributed by atoms with Gasteiger partial charge in [-0.3, -0.25) is 0 Å². The molecule has 0 amide bonds. The van der Waals surface area contributed by atoms with Crippen LogP contribution in [-0.4, -0.2) is 18.9 Å². The third-order valence-electron chi connectivity index (χ3n) is 3.83. The van der Waals surface area contributed by atoms with Gasteiger partial charge in [0.15, 0.2) is 0 Å². The van der Waals surface area contributed by atoms with E-state index in [2.05, 4.69) is 26.9 Å². The Morgan fingerprint density at radius 3 is 1.80 bits per heavy atom. The van der Waals surface area contributed by atoms with E-state index in [1.54, 1.807) is 0 Å². The SMILES string of the molecule is CCCCCCCCCCC(CC)O[Si](C)(C)C(Cl)Cl. The molecule has 0 aliphatic carbocycles. The quantitative estimate of drug-likeness (QED) is 0.202. The molecule has 0 aromatic rings. The molecule has 1 atom stereocenters. The Bertz CT molecular complexity index is 223. The summed E-state index contributed by atoms with van der Waals surface area (Å²) in [4.78, 5) is 0. The van der Waals surface area contributed by atoms with E-state index in [1.165, 1.54) is 51.4 Å². The van der Waals surface area contributed by atoms with E-state index in [1.807, 2.05) is 0 Å². The molecule has 0 spiro atoms. The summed E-state index contributed by atoms with van der Waals surface area (Å²) in [5, 5.41) is 0. The molecule has 20 heavy (non-hydrogen) atoms. The molecule has 0 aromatic carbocycles. The normalized spacial score (nSPS) is 13.9. The monoisotopic (exact) mass is 340 g/mol. The van der Waals surface area contributed by atoms with Gasteiger partial charge in [0.05, 0.1) is 0 Å². The van der Waals surface area contributed by atoms with Gasteiger partial charge in [0.2, 0.25) is 8.32 Å². The molecule has 0 bridgehead atoms. The first kappa shape index (κ1) is 20.8. The van der Waals surface area contributed by atoms with Crippen LogP contribution in [-0.2, 0) is 4.43 Å². The summed E-state index contributed by atoms with van der Waals surface area (Å²) in [5.74, 6) is 0. The minimum atomic E-state index is -1.92. The predicted molar refractivity (Wildman–Crippen MR) is 95.4 cm³/mol. The van der Waals surface area contributed by atoms with E-state index >= 15 is 0 Å². The van der Waals surface area contributed by atoms with E-state index < -0.39 is 8.32 Å². The third kappa shape index (κ3) is 10.5. The van der Waals surface area contributed by atoms with Crippen LogP contribution in [0.4, 0.5) is 0 Å². The van der Waals surface area contributed by atoms with E-state index in [4.69, 9.17) is 27.6 Å². The van der Waals surface area contributed by atoms with E-state index in [9.17, 15) is 0 Å². The summed E-state index contributed by atoms with van der Waals surface area (Å²) in [6.07, 6.45) is 13.5. The maximum absolute atomic E-state index is 6.18. The van der Waals surface area contributed by atoms with Gasteiger partial charge in [-0.25, -0.2) is 0 Å². The van der Waals surface area contributed by atoms with Crippen molar-refractivity contribution in [2.24, 2.45) is 0 Å². The van der Waals surface area contributed by atoms with Crippen molar-refractivity contribution >= 4 is 31.5 Å². The van der Waals surface area contributed by atoms with Gasteiger partial charge in [-0.05, 0) is 25.9 Å². The summed E-state index contributed by atoms with van der Waals surface area (Å²) in [7, 11) is -1.92. The second-order valence-electron chi connectivity index (χ2n) is 6.32. The third-order valence-corrected chi connectivity index (χ3v) is 8.98. The minimum absolute atomic E-state index is 0.338. The number of alkyl halides is 2. The lowest BCUT2D eigenvalue weighted by Gasteiger charge is -2.29. The maximum Gasteiger partial charge on any atom is 0.220 e. The van der Waals surface area contributed by atoms with Gasteiger partial charge < -0.3 is 4.43 Å². The number of halogens is 2. The topological polar surface area (TPSA) is 9.23 Å². The van der Waals surface area contributed by atoms with Gasteiger partial charge in [-0.1, -0.05) is 65.2 Å². The smallest absolute Gasteiger partial charge is 0.220 e. The molecular formula is C16H34Cl2OSi. The first-order valence-corrected chi connectivity index (χ1v) is 12.3. The standard InChI is InChI=1S/C16H34Cl2OSi/c1-5-7-8-9-10-11-12-13-14-15(6-2)19-20(3,4)16(17)18/h15-16H,5-14H2,1-4H3. The van der Waals surface area contributed by atoms with Gasteiger partial charge in [0.25, 0.3) is 0 Å². The van der Waals surface area contributed by atoms with Crippen molar-refractivity contribution in [2.45, 2.75) is 102 Å². The van der Waals surface area contributed by atoms with Crippen LogP contribution in [0.15, 0.2) is 0 Å². The molecule has 0 aliphatic rings. The Morgan fingerprint density at radius 1 is 0.850 bits per heavy atom. The molecule has 0 saturated heterocycles. The lowest BCUT2D eigenvalue weighted by atomic mass is 10.0. The highest BCUT2D eigenvalue weighted by atomic mass is 35.5. The van der Waals surface area contributed by atoms with E-state index in [0.717, 1.165) is 12.8 Å². The average Bonchev–Trinajstić information content (AvgIpc) is 2.40. The summed E-state index contributed by atoms with van der Waals surface area (Å²) >= 11 is 12.0. The lowest BCUT2D eigenvalue weighted by Crippen LogP contribution is -2.42. The molecule has 1 nitrogen and oxygen atoms in total. The van der Waals surface area contributed by atoms with Crippen LogP contribution in [0.1, 0.15) is 78.1 Å². The molecule has 0 saturated carbocycles. The summed E-state index contributed by atoms with van der Waals surface area (Å²) in [6.45, 7) is 8.67. The number of hydrogen-bond acceptors (Lipinski definition) is 1. The van der Waals surface area contributed by atoms with Crippen LogP contribution in [0, 0.1) is 0 Å². The van der Waals surface area contributed by atoms with Crippen LogP contribution in [0.3, 0.4) is 0 Å². The van der Waals surface area contributed by atoms with E-state index in [-0.39, 0.29) is 4.46 Å². The van der Waals surface area contributed by atoms with Crippen molar-refractivity contribution < 1.29 is 4.43 Å². The number of hydrogen-bond donors (Lipinski definition) is 0. The van der Waals surface area contributed by atoms with Crippen LogP contribution in [0.25, 0.3) is 0 Å². The molecule has 0 N–H and O–H groups in total. The van der Waals surface area contributed by atoms with Gasteiger partial charge >= 0.3 is 0 Å². The second-order valence-corrected chi connectivity index (χ2v) is 12.2.